The molecule has 2 N–H and O–H groups in total. The average molecular weight is 320 g/mol. The van der Waals surface area contributed by atoms with E-state index in [0.717, 1.165) is 37.1 Å². The Morgan fingerprint density at radius 3 is 2.43 bits per heavy atom. The molecule has 5 nitrogen and oxygen atoms in total. The standard InChI is InChI=1S/C18H28N2O3/c1-11(2)20-12(3)10-15(13(20)4)17(21)19-16-9-7-5-6-8-14(16)18(22)23/h10-11,14,16H,5-9H2,1-4H3,(H,19,21)(H,22,23)/t14-,16+/m1/s1. The van der Waals surface area contributed by atoms with Crippen molar-refractivity contribution in [3.05, 3.63) is 23.0 Å². The maximum Gasteiger partial charge on any atom is 0.308 e. The first-order valence-corrected chi connectivity index (χ1v) is 8.55. The van der Waals surface area contributed by atoms with E-state index in [4.69, 9.17) is 0 Å². The van der Waals surface area contributed by atoms with Crippen molar-refractivity contribution in [1.29, 1.82) is 0 Å². The van der Waals surface area contributed by atoms with Gasteiger partial charge in [0.25, 0.3) is 5.91 Å². The monoisotopic (exact) mass is 320 g/mol. The van der Waals surface area contributed by atoms with Crippen LogP contribution in [0.4, 0.5) is 0 Å². The second-order valence-corrected chi connectivity index (χ2v) is 6.91. The first kappa shape index (κ1) is 17.6. The van der Waals surface area contributed by atoms with E-state index in [1.54, 1.807) is 0 Å². The number of amides is 1. The quantitative estimate of drug-likeness (QED) is 0.835. The van der Waals surface area contributed by atoms with E-state index >= 15 is 0 Å². The summed E-state index contributed by atoms with van der Waals surface area (Å²) in [4.78, 5) is 24.2. The molecule has 0 aromatic carbocycles. The van der Waals surface area contributed by atoms with Crippen molar-refractivity contribution in [3.8, 4) is 0 Å². The van der Waals surface area contributed by atoms with Crippen molar-refractivity contribution in [2.75, 3.05) is 0 Å². The van der Waals surface area contributed by atoms with Gasteiger partial charge in [-0.15, -0.1) is 0 Å². The molecule has 1 saturated carbocycles. The smallest absolute Gasteiger partial charge is 0.308 e. The number of carbonyl (C=O) groups is 2. The molecule has 2 rings (SSSR count). The lowest BCUT2D eigenvalue weighted by Crippen LogP contribution is -2.43. The van der Waals surface area contributed by atoms with Crippen LogP contribution in [0.25, 0.3) is 0 Å². The molecule has 1 amide bonds. The summed E-state index contributed by atoms with van der Waals surface area (Å²) >= 11 is 0. The maximum atomic E-state index is 12.7. The summed E-state index contributed by atoms with van der Waals surface area (Å²) in [5, 5.41) is 12.4. The van der Waals surface area contributed by atoms with Gasteiger partial charge in [0.05, 0.1) is 11.5 Å². The number of aliphatic carboxylic acids is 1. The third-order valence-corrected chi connectivity index (χ3v) is 4.90. The Hall–Kier alpha value is -1.78. The van der Waals surface area contributed by atoms with Crippen LogP contribution in [0.2, 0.25) is 0 Å². The molecule has 1 aromatic rings. The number of carbonyl (C=O) groups excluding carboxylic acids is 1. The summed E-state index contributed by atoms with van der Waals surface area (Å²) < 4.78 is 2.14. The number of nitrogens with zero attached hydrogens (tertiary/aromatic N) is 1. The van der Waals surface area contributed by atoms with Crippen molar-refractivity contribution in [1.82, 2.24) is 9.88 Å². The molecule has 0 aliphatic heterocycles. The molecule has 1 fully saturated rings. The van der Waals surface area contributed by atoms with Gasteiger partial charge in [0.15, 0.2) is 0 Å². The molecule has 1 aromatic heterocycles. The Balaban J connectivity index is 2.20. The van der Waals surface area contributed by atoms with Gasteiger partial charge in [-0.1, -0.05) is 19.3 Å². The molecule has 1 aliphatic carbocycles. The largest absolute Gasteiger partial charge is 0.481 e. The number of carboxylic acid groups (broad SMARTS) is 1. The molecule has 0 unspecified atom stereocenters. The fourth-order valence-corrected chi connectivity index (χ4v) is 3.82. The zero-order valence-electron chi connectivity index (χ0n) is 14.6. The number of nitrogens with one attached hydrogen (secondary N) is 1. The van der Waals surface area contributed by atoms with Gasteiger partial charge in [0.2, 0.25) is 0 Å². The molecular weight excluding hydrogens is 292 g/mol. The van der Waals surface area contributed by atoms with E-state index in [-0.39, 0.29) is 11.9 Å². The zero-order valence-corrected chi connectivity index (χ0v) is 14.6. The van der Waals surface area contributed by atoms with Crippen molar-refractivity contribution in [2.24, 2.45) is 5.92 Å². The number of aryl methyl sites for hydroxylation is 1. The van der Waals surface area contributed by atoms with Crippen molar-refractivity contribution in [3.63, 3.8) is 0 Å². The number of carboxylic acids is 1. The molecule has 0 saturated heterocycles. The Morgan fingerprint density at radius 1 is 1.22 bits per heavy atom. The summed E-state index contributed by atoms with van der Waals surface area (Å²) in [6, 6.07) is 1.92. The van der Waals surface area contributed by atoms with Crippen LogP contribution in [0.15, 0.2) is 6.07 Å². The minimum atomic E-state index is -0.801. The van der Waals surface area contributed by atoms with Gasteiger partial charge in [0.1, 0.15) is 0 Å². The molecule has 0 radical (unpaired) electrons. The number of hydrogen-bond donors (Lipinski definition) is 2. The molecule has 5 heteroatoms. The molecule has 0 spiro atoms. The minimum absolute atomic E-state index is 0.150. The van der Waals surface area contributed by atoms with E-state index in [0.29, 0.717) is 18.0 Å². The van der Waals surface area contributed by atoms with Crippen molar-refractivity contribution >= 4 is 11.9 Å². The Kier molecular flexibility index (Phi) is 5.50. The third-order valence-electron chi connectivity index (χ3n) is 4.90. The molecule has 2 atom stereocenters. The van der Waals surface area contributed by atoms with Gasteiger partial charge in [-0.25, -0.2) is 0 Å². The number of rotatable bonds is 4. The van der Waals surface area contributed by atoms with Crippen LogP contribution >= 0.6 is 0 Å². The average Bonchev–Trinajstić information content (AvgIpc) is 2.62. The SMILES string of the molecule is Cc1cc(C(=O)N[C@H]2CCCCC[C@H]2C(=O)O)c(C)n1C(C)C. The highest BCUT2D eigenvalue weighted by molar-refractivity contribution is 5.96. The molecule has 0 bridgehead atoms. The topological polar surface area (TPSA) is 71.3 Å². The van der Waals surface area contributed by atoms with Crippen LogP contribution in [-0.2, 0) is 4.79 Å². The van der Waals surface area contributed by atoms with Gasteiger partial charge < -0.3 is 15.0 Å². The zero-order chi connectivity index (χ0) is 17.1. The lowest BCUT2D eigenvalue weighted by atomic mass is 9.94. The highest BCUT2D eigenvalue weighted by Gasteiger charge is 2.31. The fraction of sp³-hybridized carbons (Fsp3) is 0.667. The highest BCUT2D eigenvalue weighted by atomic mass is 16.4. The summed E-state index contributed by atoms with van der Waals surface area (Å²) in [6.07, 6.45) is 4.32. The predicted molar refractivity (Wildman–Crippen MR) is 89.8 cm³/mol. The second kappa shape index (κ2) is 7.20. The van der Waals surface area contributed by atoms with Gasteiger partial charge >= 0.3 is 5.97 Å². The van der Waals surface area contributed by atoms with E-state index in [1.165, 1.54) is 0 Å². The normalized spacial score (nSPS) is 22.0. The Bertz CT molecular complexity index is 589. The summed E-state index contributed by atoms with van der Waals surface area (Å²) in [5.74, 6) is -1.43. The van der Waals surface area contributed by atoms with E-state index < -0.39 is 11.9 Å². The van der Waals surface area contributed by atoms with Gasteiger partial charge in [-0.3, -0.25) is 9.59 Å². The van der Waals surface area contributed by atoms with Gasteiger partial charge in [-0.2, -0.15) is 0 Å². The highest BCUT2D eigenvalue weighted by Crippen LogP contribution is 2.25. The van der Waals surface area contributed by atoms with Crippen molar-refractivity contribution in [2.45, 2.75) is 71.9 Å². The molecular formula is C18H28N2O3. The lowest BCUT2D eigenvalue weighted by Gasteiger charge is -2.23. The molecule has 128 valence electrons. The first-order valence-electron chi connectivity index (χ1n) is 8.55. The maximum absolute atomic E-state index is 12.7. The lowest BCUT2D eigenvalue weighted by molar-refractivity contribution is -0.142. The van der Waals surface area contributed by atoms with E-state index in [1.807, 2.05) is 19.9 Å². The summed E-state index contributed by atoms with van der Waals surface area (Å²) in [5.41, 5.74) is 2.65. The third kappa shape index (κ3) is 3.77. The van der Waals surface area contributed by atoms with E-state index in [9.17, 15) is 14.7 Å². The van der Waals surface area contributed by atoms with Crippen LogP contribution in [0.5, 0.6) is 0 Å². The van der Waals surface area contributed by atoms with Crippen LogP contribution in [-0.4, -0.2) is 27.6 Å². The molecule has 1 heterocycles. The molecule has 1 aliphatic rings. The first-order chi connectivity index (χ1) is 10.8. The van der Waals surface area contributed by atoms with Crippen LogP contribution in [0.1, 0.15) is 73.7 Å². The van der Waals surface area contributed by atoms with Crippen LogP contribution < -0.4 is 5.32 Å². The van der Waals surface area contributed by atoms with Gasteiger partial charge in [0, 0.05) is 23.5 Å². The Labute approximate surface area is 138 Å². The Morgan fingerprint density at radius 2 is 1.87 bits per heavy atom. The van der Waals surface area contributed by atoms with Crippen molar-refractivity contribution < 1.29 is 14.7 Å². The predicted octanol–water partition coefficient (Wildman–Crippen LogP) is 3.45. The van der Waals surface area contributed by atoms with Gasteiger partial charge in [-0.05, 0) is 46.6 Å². The number of aromatic nitrogens is 1. The summed E-state index contributed by atoms with van der Waals surface area (Å²) in [7, 11) is 0. The number of hydrogen-bond acceptors (Lipinski definition) is 2. The fourth-order valence-electron chi connectivity index (χ4n) is 3.82. The summed E-state index contributed by atoms with van der Waals surface area (Å²) in [6.45, 7) is 8.13. The van der Waals surface area contributed by atoms with E-state index in [2.05, 4.69) is 23.7 Å². The molecule has 23 heavy (non-hydrogen) atoms. The second-order valence-electron chi connectivity index (χ2n) is 6.91. The van der Waals surface area contributed by atoms with Crippen LogP contribution in [0, 0.1) is 19.8 Å². The minimum Gasteiger partial charge on any atom is -0.481 e. The van der Waals surface area contributed by atoms with Crippen LogP contribution in [0.3, 0.4) is 0 Å².